The number of hydrogen-bond donors (Lipinski definition) is 1. The molecule has 3 aliphatic carbocycles. The zero-order valence-electron chi connectivity index (χ0n) is 18.3. The zero-order chi connectivity index (χ0) is 21.3. The lowest BCUT2D eigenvalue weighted by Gasteiger charge is -2.52. The number of fused-ring (bicyclic) bond motifs is 1. The SMILES string of the molecule is CC(C)(C)c1coc(C2CC3(CCN(C(=O)[C@@H]4C[C@]5(COC(N)=O)CC45)CC3)C2)n1. The van der Waals surface area contributed by atoms with Gasteiger partial charge in [-0.2, -0.15) is 0 Å². The van der Waals surface area contributed by atoms with Crippen molar-refractivity contribution in [2.24, 2.45) is 28.4 Å². The van der Waals surface area contributed by atoms with Crippen molar-refractivity contribution in [2.75, 3.05) is 19.7 Å². The van der Waals surface area contributed by atoms with E-state index in [1.165, 1.54) is 0 Å². The van der Waals surface area contributed by atoms with Crippen LogP contribution >= 0.6 is 0 Å². The third-order valence-electron chi connectivity index (χ3n) is 8.32. The molecule has 0 aromatic carbocycles. The van der Waals surface area contributed by atoms with Gasteiger partial charge in [0.15, 0.2) is 5.89 Å². The van der Waals surface area contributed by atoms with Gasteiger partial charge in [0, 0.05) is 35.8 Å². The van der Waals surface area contributed by atoms with E-state index in [0.29, 0.717) is 29.8 Å². The van der Waals surface area contributed by atoms with Crippen molar-refractivity contribution >= 4 is 12.0 Å². The van der Waals surface area contributed by atoms with Crippen LogP contribution in [0.15, 0.2) is 10.7 Å². The maximum absolute atomic E-state index is 13.0. The fourth-order valence-electron chi connectivity index (χ4n) is 6.13. The molecular formula is C23H33N3O4. The van der Waals surface area contributed by atoms with Gasteiger partial charge in [0.2, 0.25) is 5.91 Å². The Morgan fingerprint density at radius 3 is 2.50 bits per heavy atom. The monoisotopic (exact) mass is 415 g/mol. The van der Waals surface area contributed by atoms with E-state index >= 15 is 0 Å². The standard InChI is InChI=1S/C23H33N3O4/c1-21(2,3)17-12-29-18(25-17)14-8-22(9-14)4-6-26(7-5-22)19(27)15-10-23(11-16(15)23)13-30-20(24)28/h12,14-16H,4-11,13H2,1-3H3,(H2,24,28)/t15-,16?,23-/m1/s1. The second-order valence-corrected chi connectivity index (χ2v) is 11.3. The van der Waals surface area contributed by atoms with Crippen LogP contribution < -0.4 is 5.73 Å². The van der Waals surface area contributed by atoms with Gasteiger partial charge in [-0.25, -0.2) is 9.78 Å². The highest BCUT2D eigenvalue weighted by Gasteiger charge is 2.70. The summed E-state index contributed by atoms with van der Waals surface area (Å²) in [5.41, 5.74) is 6.52. The van der Waals surface area contributed by atoms with Crippen molar-refractivity contribution in [2.45, 2.75) is 70.6 Å². The van der Waals surface area contributed by atoms with Crippen molar-refractivity contribution in [1.82, 2.24) is 9.88 Å². The van der Waals surface area contributed by atoms with Crippen LogP contribution in [0.4, 0.5) is 4.79 Å². The molecule has 7 heteroatoms. The van der Waals surface area contributed by atoms with Gasteiger partial charge in [-0.1, -0.05) is 20.8 Å². The number of ether oxygens (including phenoxy) is 1. The Bertz CT molecular complexity index is 856. The molecule has 0 radical (unpaired) electrons. The fourth-order valence-corrected chi connectivity index (χ4v) is 6.13. The maximum atomic E-state index is 13.0. The van der Waals surface area contributed by atoms with Crippen LogP contribution in [0.2, 0.25) is 0 Å². The maximum Gasteiger partial charge on any atom is 0.404 e. The first-order chi connectivity index (χ1) is 14.1. The summed E-state index contributed by atoms with van der Waals surface area (Å²) >= 11 is 0. The molecule has 5 rings (SSSR count). The number of amides is 2. The number of carbonyl (C=O) groups excluding carboxylic acids is 2. The van der Waals surface area contributed by atoms with Gasteiger partial charge in [-0.05, 0) is 49.9 Å². The first-order valence-corrected chi connectivity index (χ1v) is 11.3. The van der Waals surface area contributed by atoms with Gasteiger partial charge in [0.1, 0.15) is 6.26 Å². The number of likely N-dealkylation sites (tertiary alicyclic amines) is 1. The molecule has 2 heterocycles. The number of rotatable bonds is 4. The van der Waals surface area contributed by atoms with E-state index in [1.54, 1.807) is 0 Å². The first-order valence-electron chi connectivity index (χ1n) is 11.3. The Balaban J connectivity index is 1.09. The molecule has 164 valence electrons. The number of piperidine rings is 1. The molecule has 1 aromatic heterocycles. The number of nitrogens with zero attached hydrogens (tertiary/aromatic N) is 2. The Morgan fingerprint density at radius 2 is 1.93 bits per heavy atom. The summed E-state index contributed by atoms with van der Waals surface area (Å²) in [5.74, 6) is 2.12. The Hall–Kier alpha value is -2.05. The molecule has 1 aliphatic heterocycles. The molecule has 3 saturated carbocycles. The predicted molar refractivity (Wildman–Crippen MR) is 110 cm³/mol. The van der Waals surface area contributed by atoms with Gasteiger partial charge < -0.3 is 19.8 Å². The van der Waals surface area contributed by atoms with Crippen molar-refractivity contribution in [3.63, 3.8) is 0 Å². The number of carbonyl (C=O) groups is 2. The number of nitrogens with two attached hydrogens (primary N) is 1. The highest BCUT2D eigenvalue weighted by atomic mass is 16.5. The van der Waals surface area contributed by atoms with Crippen molar-refractivity contribution in [1.29, 1.82) is 0 Å². The lowest BCUT2D eigenvalue weighted by Crippen LogP contribution is -2.51. The molecule has 4 aliphatic rings. The van der Waals surface area contributed by atoms with Crippen LogP contribution in [0.1, 0.15) is 76.8 Å². The van der Waals surface area contributed by atoms with Crippen molar-refractivity contribution in [3.8, 4) is 0 Å². The van der Waals surface area contributed by atoms with E-state index in [-0.39, 0.29) is 16.7 Å². The Kier molecular flexibility index (Phi) is 4.29. The Labute approximate surface area is 177 Å². The van der Waals surface area contributed by atoms with E-state index < -0.39 is 6.09 Å². The van der Waals surface area contributed by atoms with Crippen LogP contribution in [0.3, 0.4) is 0 Å². The summed E-state index contributed by atoms with van der Waals surface area (Å²) in [4.78, 5) is 30.6. The number of aromatic nitrogens is 1. The van der Waals surface area contributed by atoms with Gasteiger partial charge in [-0.3, -0.25) is 4.79 Å². The van der Waals surface area contributed by atoms with Crippen LogP contribution in [0.5, 0.6) is 0 Å². The molecule has 2 amide bonds. The third-order valence-corrected chi connectivity index (χ3v) is 8.32. The van der Waals surface area contributed by atoms with Crippen LogP contribution in [0, 0.1) is 22.7 Å². The minimum Gasteiger partial charge on any atom is -0.449 e. The van der Waals surface area contributed by atoms with E-state index in [0.717, 1.165) is 63.2 Å². The minimum atomic E-state index is -0.718. The van der Waals surface area contributed by atoms with Crippen molar-refractivity contribution < 1.29 is 18.7 Å². The summed E-state index contributed by atoms with van der Waals surface area (Å²) in [6.45, 7) is 8.56. The second-order valence-electron chi connectivity index (χ2n) is 11.3. The lowest BCUT2D eigenvalue weighted by molar-refractivity contribution is -0.144. The number of hydrogen-bond acceptors (Lipinski definition) is 5. The van der Waals surface area contributed by atoms with Crippen molar-refractivity contribution in [3.05, 3.63) is 17.8 Å². The molecule has 1 aromatic rings. The molecule has 0 bridgehead atoms. The number of oxazole rings is 1. The van der Waals surface area contributed by atoms with E-state index in [1.807, 2.05) is 6.26 Å². The van der Waals surface area contributed by atoms with Crippen LogP contribution in [0.25, 0.3) is 0 Å². The zero-order valence-corrected chi connectivity index (χ0v) is 18.3. The molecule has 1 unspecified atom stereocenters. The van der Waals surface area contributed by atoms with Crippen LogP contribution in [-0.2, 0) is 14.9 Å². The molecule has 4 fully saturated rings. The third kappa shape index (κ3) is 3.21. The summed E-state index contributed by atoms with van der Waals surface area (Å²) in [7, 11) is 0. The second kappa shape index (κ2) is 6.47. The molecule has 1 spiro atoms. The van der Waals surface area contributed by atoms with E-state index in [9.17, 15) is 9.59 Å². The smallest absolute Gasteiger partial charge is 0.404 e. The molecule has 7 nitrogen and oxygen atoms in total. The summed E-state index contributed by atoms with van der Waals surface area (Å²) in [6.07, 6.45) is 7.33. The van der Waals surface area contributed by atoms with Gasteiger partial charge in [-0.15, -0.1) is 0 Å². The quantitative estimate of drug-likeness (QED) is 0.810. The highest BCUT2D eigenvalue weighted by molar-refractivity contribution is 5.81. The molecule has 30 heavy (non-hydrogen) atoms. The van der Waals surface area contributed by atoms with Gasteiger partial charge >= 0.3 is 6.09 Å². The van der Waals surface area contributed by atoms with E-state index in [4.69, 9.17) is 19.9 Å². The molecule has 3 atom stereocenters. The summed E-state index contributed by atoms with van der Waals surface area (Å²) < 4.78 is 10.8. The normalized spacial score (nSPS) is 32.2. The fraction of sp³-hybridized carbons (Fsp3) is 0.783. The molecule has 1 saturated heterocycles. The topological polar surface area (TPSA) is 98.7 Å². The van der Waals surface area contributed by atoms with Gasteiger partial charge in [0.05, 0.1) is 12.3 Å². The average molecular weight is 416 g/mol. The van der Waals surface area contributed by atoms with Crippen LogP contribution in [-0.4, -0.2) is 41.6 Å². The Morgan fingerprint density at radius 1 is 1.23 bits per heavy atom. The molecule has 2 N–H and O–H groups in total. The number of primary amides is 1. The summed E-state index contributed by atoms with van der Waals surface area (Å²) in [5, 5.41) is 0. The molecular weight excluding hydrogens is 382 g/mol. The highest BCUT2D eigenvalue weighted by Crippen LogP contribution is 2.71. The average Bonchev–Trinajstić information content (AvgIpc) is 3.02. The summed E-state index contributed by atoms with van der Waals surface area (Å²) in [6, 6.07) is 0. The van der Waals surface area contributed by atoms with E-state index in [2.05, 4.69) is 25.7 Å². The minimum absolute atomic E-state index is 0.0154. The van der Waals surface area contributed by atoms with Gasteiger partial charge in [0.25, 0.3) is 0 Å². The predicted octanol–water partition coefficient (Wildman–Crippen LogP) is 3.58. The lowest BCUT2D eigenvalue weighted by atomic mass is 9.57. The largest absolute Gasteiger partial charge is 0.449 e. The first kappa shape index (κ1) is 19.9.